The van der Waals surface area contributed by atoms with Crippen molar-refractivity contribution in [1.29, 1.82) is 0 Å². The predicted octanol–water partition coefficient (Wildman–Crippen LogP) is 3.28. The van der Waals surface area contributed by atoms with Gasteiger partial charge < -0.3 is 4.74 Å². The number of halogens is 1. The molecule has 0 radical (unpaired) electrons. The summed E-state index contributed by atoms with van der Waals surface area (Å²) < 4.78 is 8.61. The molecular weight excluding hydrogens is 334 g/mol. The summed E-state index contributed by atoms with van der Waals surface area (Å²) in [5.41, 5.74) is 2.75. The van der Waals surface area contributed by atoms with Crippen LogP contribution in [-0.4, -0.2) is 31.6 Å². The third kappa shape index (κ3) is 2.26. The Balaban J connectivity index is 1.91. The smallest absolute Gasteiger partial charge is 0.150 e. The summed E-state index contributed by atoms with van der Waals surface area (Å²) in [6.45, 7) is 0.787. The van der Waals surface area contributed by atoms with Gasteiger partial charge in [0.2, 0.25) is 0 Å². The first-order valence-electron chi connectivity index (χ1n) is 6.98. The van der Waals surface area contributed by atoms with Crippen LogP contribution in [0.3, 0.4) is 0 Å². The van der Waals surface area contributed by atoms with Crippen LogP contribution in [0.2, 0.25) is 0 Å². The number of ether oxygens (including phenoxy) is 1. The van der Waals surface area contributed by atoms with Gasteiger partial charge in [0.05, 0.1) is 17.4 Å². The fourth-order valence-electron chi connectivity index (χ4n) is 2.73. The third-order valence-corrected chi connectivity index (χ3v) is 4.18. The third-order valence-electron chi connectivity index (χ3n) is 3.74. The van der Waals surface area contributed by atoms with Crippen molar-refractivity contribution in [2.75, 3.05) is 6.61 Å². The molecule has 0 amide bonds. The number of fused-ring (bicyclic) bond motifs is 1. The van der Waals surface area contributed by atoms with Crippen LogP contribution in [0.5, 0.6) is 0 Å². The molecule has 0 aliphatic carbocycles. The van der Waals surface area contributed by atoms with Gasteiger partial charge >= 0.3 is 0 Å². The molecule has 3 aromatic rings. The maximum Gasteiger partial charge on any atom is 0.150 e. The molecule has 3 aromatic heterocycles. The number of nitrogens with one attached hydrogen (secondary N) is 1. The molecule has 0 aromatic carbocycles. The Kier molecular flexibility index (Phi) is 3.23. The highest BCUT2D eigenvalue weighted by atomic mass is 79.9. The van der Waals surface area contributed by atoms with Crippen LogP contribution >= 0.6 is 15.9 Å². The maximum atomic E-state index is 5.87. The Morgan fingerprint density at radius 3 is 3.10 bits per heavy atom. The van der Waals surface area contributed by atoms with Crippen molar-refractivity contribution in [3.63, 3.8) is 0 Å². The van der Waals surface area contributed by atoms with E-state index in [2.05, 4.69) is 31.1 Å². The lowest BCUT2D eigenvalue weighted by molar-refractivity contribution is -0.0365. The summed E-state index contributed by atoms with van der Waals surface area (Å²) in [4.78, 5) is 4.33. The average Bonchev–Trinajstić information content (AvgIpc) is 3.14. The highest BCUT2D eigenvalue weighted by Crippen LogP contribution is 2.32. The van der Waals surface area contributed by atoms with E-state index in [-0.39, 0.29) is 6.23 Å². The molecule has 0 bridgehead atoms. The van der Waals surface area contributed by atoms with Crippen molar-refractivity contribution >= 4 is 26.8 Å². The highest BCUT2D eigenvalue weighted by Gasteiger charge is 2.22. The van der Waals surface area contributed by atoms with Crippen LogP contribution in [0, 0.1) is 0 Å². The van der Waals surface area contributed by atoms with E-state index in [9.17, 15) is 0 Å². The molecule has 4 rings (SSSR count). The molecule has 1 aliphatic rings. The minimum absolute atomic E-state index is 0.0131. The monoisotopic (exact) mass is 347 g/mol. The zero-order chi connectivity index (χ0) is 14.2. The summed E-state index contributed by atoms with van der Waals surface area (Å²) >= 11 is 3.43. The van der Waals surface area contributed by atoms with E-state index < -0.39 is 0 Å². The molecule has 0 saturated carbocycles. The van der Waals surface area contributed by atoms with E-state index in [1.807, 2.05) is 23.0 Å². The second kappa shape index (κ2) is 5.23. The van der Waals surface area contributed by atoms with Gasteiger partial charge in [-0.15, -0.1) is 0 Å². The first-order chi connectivity index (χ1) is 10.3. The molecule has 1 saturated heterocycles. The molecule has 1 unspecified atom stereocenters. The molecule has 0 spiro atoms. The number of aromatic amines is 1. The number of rotatable bonds is 2. The number of pyridine rings is 1. The van der Waals surface area contributed by atoms with Crippen LogP contribution in [0.1, 0.15) is 25.5 Å². The summed E-state index contributed by atoms with van der Waals surface area (Å²) in [5.74, 6) is 0. The minimum atomic E-state index is -0.0131. The number of aromatic nitrogens is 5. The van der Waals surface area contributed by atoms with Gasteiger partial charge in [0.25, 0.3) is 0 Å². The maximum absolute atomic E-state index is 5.87. The fraction of sp³-hybridized carbons (Fsp3) is 0.357. The molecular formula is C14H14BrN5O. The molecule has 1 fully saturated rings. The van der Waals surface area contributed by atoms with Crippen LogP contribution < -0.4 is 0 Å². The van der Waals surface area contributed by atoms with Gasteiger partial charge in [-0.2, -0.15) is 10.2 Å². The minimum Gasteiger partial charge on any atom is -0.356 e. The lowest BCUT2D eigenvalue weighted by Gasteiger charge is -2.23. The Labute approximate surface area is 129 Å². The van der Waals surface area contributed by atoms with E-state index >= 15 is 0 Å². The lowest BCUT2D eigenvalue weighted by atomic mass is 10.2. The molecule has 1 atom stereocenters. The molecule has 7 heteroatoms. The molecule has 108 valence electrons. The molecule has 6 nitrogen and oxygen atoms in total. The van der Waals surface area contributed by atoms with Gasteiger partial charge in [-0.3, -0.25) is 5.10 Å². The number of hydrogen-bond donors (Lipinski definition) is 1. The lowest BCUT2D eigenvalue weighted by Crippen LogP contribution is -2.19. The second-order valence-corrected chi connectivity index (χ2v) is 5.92. The quantitative estimate of drug-likeness (QED) is 0.722. The van der Waals surface area contributed by atoms with Gasteiger partial charge in [-0.05, 0) is 47.3 Å². The fourth-order valence-corrected chi connectivity index (χ4v) is 3.06. The van der Waals surface area contributed by atoms with E-state index in [0.29, 0.717) is 0 Å². The van der Waals surface area contributed by atoms with Gasteiger partial charge in [0.1, 0.15) is 10.3 Å². The Morgan fingerprint density at radius 1 is 1.38 bits per heavy atom. The van der Waals surface area contributed by atoms with Crippen molar-refractivity contribution in [2.24, 2.45) is 0 Å². The molecule has 4 heterocycles. The SMILES string of the molecule is Brc1cc2c(-c3ccn[nH]3)nn(C3CCCCO3)c2cn1. The second-order valence-electron chi connectivity index (χ2n) is 5.11. The summed E-state index contributed by atoms with van der Waals surface area (Å²) in [5, 5.41) is 12.8. The number of nitrogens with zero attached hydrogens (tertiary/aromatic N) is 4. The van der Waals surface area contributed by atoms with E-state index in [0.717, 1.165) is 52.8 Å². The largest absolute Gasteiger partial charge is 0.356 e. The van der Waals surface area contributed by atoms with E-state index in [4.69, 9.17) is 9.84 Å². The van der Waals surface area contributed by atoms with Crippen LogP contribution in [0.4, 0.5) is 0 Å². The Hall–Kier alpha value is -1.73. The first-order valence-corrected chi connectivity index (χ1v) is 7.77. The standard InChI is InChI=1S/C14H14BrN5O/c15-12-7-9-11(8-16-12)20(13-3-1-2-6-21-13)19-14(9)10-4-5-17-18-10/h4-5,7-8,13H,1-3,6H2,(H,17,18). The number of hydrogen-bond acceptors (Lipinski definition) is 4. The zero-order valence-corrected chi connectivity index (χ0v) is 12.9. The summed E-state index contributed by atoms with van der Waals surface area (Å²) in [7, 11) is 0. The summed E-state index contributed by atoms with van der Waals surface area (Å²) in [6.07, 6.45) is 6.82. The Bertz CT molecular complexity index is 761. The first kappa shape index (κ1) is 13.0. The van der Waals surface area contributed by atoms with Crippen LogP contribution in [0.25, 0.3) is 22.3 Å². The van der Waals surface area contributed by atoms with Crippen molar-refractivity contribution in [3.05, 3.63) is 29.1 Å². The van der Waals surface area contributed by atoms with Crippen LogP contribution in [-0.2, 0) is 4.74 Å². The predicted molar refractivity (Wildman–Crippen MR) is 81.6 cm³/mol. The Morgan fingerprint density at radius 2 is 2.33 bits per heavy atom. The van der Waals surface area contributed by atoms with Gasteiger partial charge in [-0.25, -0.2) is 9.67 Å². The van der Waals surface area contributed by atoms with Crippen molar-refractivity contribution in [3.8, 4) is 11.4 Å². The van der Waals surface area contributed by atoms with Crippen molar-refractivity contribution in [2.45, 2.75) is 25.5 Å². The molecule has 21 heavy (non-hydrogen) atoms. The zero-order valence-electron chi connectivity index (χ0n) is 11.3. The highest BCUT2D eigenvalue weighted by molar-refractivity contribution is 9.10. The average molecular weight is 348 g/mol. The normalized spacial score (nSPS) is 19.2. The van der Waals surface area contributed by atoms with Gasteiger partial charge in [0.15, 0.2) is 6.23 Å². The van der Waals surface area contributed by atoms with Crippen LogP contribution in [0.15, 0.2) is 29.1 Å². The van der Waals surface area contributed by atoms with E-state index in [1.54, 1.807) is 6.20 Å². The van der Waals surface area contributed by atoms with Crippen molar-refractivity contribution in [1.82, 2.24) is 25.0 Å². The molecule has 1 aliphatic heterocycles. The molecule has 1 N–H and O–H groups in total. The number of H-pyrrole nitrogens is 1. The van der Waals surface area contributed by atoms with E-state index in [1.165, 1.54) is 0 Å². The topological polar surface area (TPSA) is 68.6 Å². The van der Waals surface area contributed by atoms with Gasteiger partial charge in [-0.1, -0.05) is 0 Å². The summed E-state index contributed by atoms with van der Waals surface area (Å²) in [6, 6.07) is 3.90. The van der Waals surface area contributed by atoms with Gasteiger partial charge in [0, 0.05) is 18.2 Å². The van der Waals surface area contributed by atoms with Crippen molar-refractivity contribution < 1.29 is 4.74 Å².